The Morgan fingerprint density at radius 1 is 1.27 bits per heavy atom. The summed E-state index contributed by atoms with van der Waals surface area (Å²) < 4.78 is 4.99. The Bertz CT molecular complexity index is 752. The van der Waals surface area contributed by atoms with Gasteiger partial charge in [0.2, 0.25) is 0 Å². The van der Waals surface area contributed by atoms with Gasteiger partial charge in [0.25, 0.3) is 5.91 Å². The molecule has 1 rings (SSSR count). The zero-order chi connectivity index (χ0) is 19.7. The van der Waals surface area contributed by atoms with Crippen LogP contribution in [0.15, 0.2) is 18.2 Å². The second-order valence-corrected chi connectivity index (χ2v) is 5.16. The number of carboxylic acid groups (broad SMARTS) is 2. The average Bonchev–Trinajstić information content (AvgIpc) is 2.55. The van der Waals surface area contributed by atoms with E-state index in [0.717, 1.165) is 6.92 Å². The molecule has 0 heterocycles. The third-order valence-corrected chi connectivity index (χ3v) is 3.12. The van der Waals surface area contributed by atoms with Gasteiger partial charge in [0.15, 0.2) is 0 Å². The molecule has 4 N–H and O–H groups in total. The lowest BCUT2D eigenvalue weighted by molar-refractivity contribution is -0.140. The maximum Gasteiger partial charge on any atom is 0.326 e. The van der Waals surface area contributed by atoms with E-state index < -0.39 is 36.3 Å². The molecule has 0 aromatic heterocycles. The van der Waals surface area contributed by atoms with Gasteiger partial charge in [-0.15, -0.1) is 6.42 Å². The summed E-state index contributed by atoms with van der Waals surface area (Å²) >= 11 is 0. The maximum atomic E-state index is 12.4. The minimum atomic E-state index is -1.40. The maximum absolute atomic E-state index is 12.4. The Morgan fingerprint density at radius 3 is 2.50 bits per heavy atom. The highest BCUT2D eigenvalue weighted by molar-refractivity contribution is 6.00. The van der Waals surface area contributed by atoms with Crippen molar-refractivity contribution in [1.82, 2.24) is 5.32 Å². The summed E-state index contributed by atoms with van der Waals surface area (Å²) in [6.45, 7) is 1.36. The molecule has 0 saturated heterocycles. The molecule has 0 radical (unpaired) electrons. The molecule has 0 aliphatic rings. The lowest BCUT2D eigenvalue weighted by atomic mass is 10.1. The molecule has 1 amide bonds. The van der Waals surface area contributed by atoms with Gasteiger partial charge in [0.05, 0.1) is 12.1 Å². The standard InChI is InChI=1S/C17H18N2O7/c1-3-8-18-11-4-5-12(14(9-11)26-10(2)20)16(23)19-13(17(24)25)6-7-15(21)22/h1,4-5,9,13,18H,6-8H2,2H3,(H,19,23)(H,21,22)(H,24,25)/t13-/m0/s1. The summed E-state index contributed by atoms with van der Waals surface area (Å²) in [5.41, 5.74) is 0.421. The molecule has 0 bridgehead atoms. The highest BCUT2D eigenvalue weighted by Gasteiger charge is 2.24. The number of carbonyl (C=O) groups is 4. The first-order valence-electron chi connectivity index (χ1n) is 7.49. The first-order valence-corrected chi connectivity index (χ1v) is 7.49. The Morgan fingerprint density at radius 2 is 1.96 bits per heavy atom. The highest BCUT2D eigenvalue weighted by Crippen LogP contribution is 2.24. The molecule has 0 fully saturated rings. The van der Waals surface area contributed by atoms with Crippen LogP contribution in [0.25, 0.3) is 0 Å². The van der Waals surface area contributed by atoms with E-state index in [-0.39, 0.29) is 24.3 Å². The monoisotopic (exact) mass is 362 g/mol. The van der Waals surface area contributed by atoms with Crippen molar-refractivity contribution < 1.29 is 34.1 Å². The van der Waals surface area contributed by atoms with E-state index in [9.17, 15) is 19.2 Å². The quantitative estimate of drug-likeness (QED) is 0.286. The van der Waals surface area contributed by atoms with Crippen molar-refractivity contribution in [3.05, 3.63) is 23.8 Å². The third-order valence-electron chi connectivity index (χ3n) is 3.12. The van der Waals surface area contributed by atoms with Crippen molar-refractivity contribution in [2.75, 3.05) is 11.9 Å². The number of carboxylic acids is 2. The molecule has 1 atom stereocenters. The molecule has 0 aliphatic carbocycles. The lowest BCUT2D eigenvalue weighted by Crippen LogP contribution is -2.41. The van der Waals surface area contributed by atoms with E-state index in [0.29, 0.717) is 5.69 Å². The molecular weight excluding hydrogens is 344 g/mol. The fourth-order valence-corrected chi connectivity index (χ4v) is 1.97. The Balaban J connectivity index is 3.04. The number of carbonyl (C=O) groups excluding carboxylic acids is 2. The second kappa shape index (κ2) is 9.68. The number of nitrogens with one attached hydrogen (secondary N) is 2. The summed E-state index contributed by atoms with van der Waals surface area (Å²) in [6.07, 6.45) is 4.43. The number of benzene rings is 1. The summed E-state index contributed by atoms with van der Waals surface area (Å²) in [4.78, 5) is 45.4. The van der Waals surface area contributed by atoms with E-state index in [2.05, 4.69) is 16.6 Å². The van der Waals surface area contributed by atoms with Crippen LogP contribution in [0.3, 0.4) is 0 Å². The number of aliphatic carboxylic acids is 2. The minimum absolute atomic E-state index is 0.0759. The zero-order valence-electron chi connectivity index (χ0n) is 13.9. The average molecular weight is 362 g/mol. The lowest BCUT2D eigenvalue weighted by Gasteiger charge is -2.16. The Kier molecular flexibility index (Phi) is 7.64. The molecule has 0 aliphatic heterocycles. The van der Waals surface area contributed by atoms with Crippen LogP contribution in [0.1, 0.15) is 30.1 Å². The SMILES string of the molecule is C#CCNc1ccc(C(=O)N[C@@H](CCC(=O)O)C(=O)O)c(OC(C)=O)c1. The van der Waals surface area contributed by atoms with Gasteiger partial charge in [-0.05, 0) is 18.6 Å². The van der Waals surface area contributed by atoms with Gasteiger partial charge in [-0.2, -0.15) is 0 Å². The van der Waals surface area contributed by atoms with Gasteiger partial charge >= 0.3 is 17.9 Å². The molecule has 0 unspecified atom stereocenters. The number of hydrogen-bond donors (Lipinski definition) is 4. The van der Waals surface area contributed by atoms with Gasteiger partial charge in [-0.1, -0.05) is 5.92 Å². The molecule has 1 aromatic carbocycles. The first kappa shape index (κ1) is 20.5. The van der Waals surface area contributed by atoms with Crippen LogP contribution in [0.2, 0.25) is 0 Å². The van der Waals surface area contributed by atoms with E-state index in [1.54, 1.807) is 0 Å². The normalized spacial score (nSPS) is 10.9. The number of terminal acetylenes is 1. The smallest absolute Gasteiger partial charge is 0.326 e. The highest BCUT2D eigenvalue weighted by atomic mass is 16.5. The number of amides is 1. The summed E-state index contributed by atoms with van der Waals surface area (Å²) in [5, 5.41) is 22.8. The van der Waals surface area contributed by atoms with Crippen molar-refractivity contribution >= 4 is 29.5 Å². The van der Waals surface area contributed by atoms with Crippen molar-refractivity contribution in [2.24, 2.45) is 0 Å². The Labute approximate surface area is 149 Å². The molecule has 9 heteroatoms. The summed E-state index contributed by atoms with van der Waals surface area (Å²) in [7, 11) is 0. The molecule has 9 nitrogen and oxygen atoms in total. The number of hydrogen-bond acceptors (Lipinski definition) is 6. The number of anilines is 1. The van der Waals surface area contributed by atoms with Crippen LogP contribution in [-0.4, -0.2) is 46.6 Å². The van der Waals surface area contributed by atoms with Gasteiger partial charge in [0, 0.05) is 25.1 Å². The number of esters is 1. The number of rotatable bonds is 9. The largest absolute Gasteiger partial charge is 0.481 e. The van der Waals surface area contributed by atoms with Crippen molar-refractivity contribution in [1.29, 1.82) is 0 Å². The van der Waals surface area contributed by atoms with Gasteiger partial charge in [-0.3, -0.25) is 14.4 Å². The van der Waals surface area contributed by atoms with E-state index >= 15 is 0 Å². The predicted octanol–water partition coefficient (Wildman–Crippen LogP) is 0.705. The van der Waals surface area contributed by atoms with E-state index in [1.165, 1.54) is 18.2 Å². The fraction of sp³-hybridized carbons (Fsp3) is 0.294. The van der Waals surface area contributed by atoms with Crippen molar-refractivity contribution in [3.8, 4) is 18.1 Å². The van der Waals surface area contributed by atoms with Crippen LogP contribution in [0, 0.1) is 12.3 Å². The topological polar surface area (TPSA) is 142 Å². The molecule has 0 saturated carbocycles. The Hall–Kier alpha value is -3.54. The van der Waals surface area contributed by atoms with Crippen LogP contribution >= 0.6 is 0 Å². The van der Waals surface area contributed by atoms with Gasteiger partial charge < -0.3 is 25.6 Å². The van der Waals surface area contributed by atoms with E-state index in [4.69, 9.17) is 21.4 Å². The van der Waals surface area contributed by atoms with Crippen LogP contribution < -0.4 is 15.4 Å². The molecule has 26 heavy (non-hydrogen) atoms. The van der Waals surface area contributed by atoms with Gasteiger partial charge in [-0.25, -0.2) is 4.79 Å². The summed E-state index contributed by atoms with van der Waals surface area (Å²) in [5.74, 6) is -1.77. The molecule has 138 valence electrons. The first-order chi connectivity index (χ1) is 12.2. The molecule has 0 spiro atoms. The fourth-order valence-electron chi connectivity index (χ4n) is 1.97. The third kappa shape index (κ3) is 6.52. The van der Waals surface area contributed by atoms with Crippen molar-refractivity contribution in [2.45, 2.75) is 25.8 Å². The van der Waals surface area contributed by atoms with Crippen molar-refractivity contribution in [3.63, 3.8) is 0 Å². The van der Waals surface area contributed by atoms with Crippen LogP contribution in [0.5, 0.6) is 5.75 Å². The molecule has 1 aromatic rings. The zero-order valence-corrected chi connectivity index (χ0v) is 13.9. The second-order valence-electron chi connectivity index (χ2n) is 5.16. The predicted molar refractivity (Wildman–Crippen MR) is 90.8 cm³/mol. The van der Waals surface area contributed by atoms with Crippen LogP contribution in [-0.2, 0) is 14.4 Å². The van der Waals surface area contributed by atoms with E-state index in [1.807, 2.05) is 0 Å². The van der Waals surface area contributed by atoms with Gasteiger partial charge in [0.1, 0.15) is 11.8 Å². The number of ether oxygens (including phenoxy) is 1. The minimum Gasteiger partial charge on any atom is -0.481 e. The molecular formula is C17H18N2O7. The summed E-state index contributed by atoms with van der Waals surface area (Å²) in [6, 6.07) is 2.82. The van der Waals surface area contributed by atoms with Crippen LogP contribution in [0.4, 0.5) is 5.69 Å².